The van der Waals surface area contributed by atoms with Gasteiger partial charge in [0.15, 0.2) is 0 Å². The Labute approximate surface area is 170 Å². The number of rotatable bonds is 3. The van der Waals surface area contributed by atoms with Gasteiger partial charge in [0.05, 0.1) is 11.6 Å². The number of amides is 2. The maximum absolute atomic E-state index is 12.9. The zero-order valence-electron chi connectivity index (χ0n) is 15.3. The van der Waals surface area contributed by atoms with Crippen LogP contribution in [0.3, 0.4) is 0 Å². The Morgan fingerprint density at radius 3 is 2.39 bits per heavy atom. The second-order valence-corrected chi connectivity index (χ2v) is 7.66. The molecule has 2 amide bonds. The molecule has 0 bridgehead atoms. The summed E-state index contributed by atoms with van der Waals surface area (Å²) < 4.78 is 39.7. The zero-order chi connectivity index (χ0) is 20.3. The molecule has 1 atom stereocenters. The van der Waals surface area contributed by atoms with Crippen molar-refractivity contribution < 1.29 is 18.0 Å². The summed E-state index contributed by atoms with van der Waals surface area (Å²) >= 11 is 3.42. The number of benzene rings is 2. The van der Waals surface area contributed by atoms with Gasteiger partial charge < -0.3 is 15.1 Å². The number of hydrogen-bond acceptors (Lipinski definition) is 2. The number of carbonyl (C=O) groups is 1. The summed E-state index contributed by atoms with van der Waals surface area (Å²) in [5.74, 6) is 0. The summed E-state index contributed by atoms with van der Waals surface area (Å²) in [7, 11) is 0. The van der Waals surface area contributed by atoms with Crippen LogP contribution in [0.2, 0.25) is 0 Å². The van der Waals surface area contributed by atoms with E-state index in [9.17, 15) is 18.0 Å². The lowest BCUT2D eigenvalue weighted by Crippen LogP contribution is -2.52. The van der Waals surface area contributed by atoms with Crippen molar-refractivity contribution in [2.45, 2.75) is 19.1 Å². The van der Waals surface area contributed by atoms with Gasteiger partial charge in [0.25, 0.3) is 0 Å². The van der Waals surface area contributed by atoms with Crippen molar-refractivity contribution in [3.63, 3.8) is 0 Å². The molecule has 0 spiro atoms. The van der Waals surface area contributed by atoms with E-state index < -0.39 is 11.7 Å². The molecule has 1 aliphatic heterocycles. The molecule has 0 radical (unpaired) electrons. The van der Waals surface area contributed by atoms with E-state index in [1.807, 2.05) is 36.1 Å². The van der Waals surface area contributed by atoms with Gasteiger partial charge in [-0.1, -0.05) is 34.1 Å². The number of anilines is 1. The Morgan fingerprint density at radius 1 is 1.07 bits per heavy atom. The highest BCUT2D eigenvalue weighted by atomic mass is 79.9. The number of hydrogen-bond donors (Lipinski definition) is 1. The maximum Gasteiger partial charge on any atom is 0.416 e. The van der Waals surface area contributed by atoms with Crippen molar-refractivity contribution >= 4 is 27.6 Å². The minimum atomic E-state index is -4.36. The van der Waals surface area contributed by atoms with Crippen molar-refractivity contribution in [3.8, 4) is 0 Å². The van der Waals surface area contributed by atoms with E-state index >= 15 is 0 Å². The molecule has 1 aliphatic rings. The first-order chi connectivity index (χ1) is 13.2. The number of nitrogens with zero attached hydrogens (tertiary/aromatic N) is 2. The number of urea groups is 1. The SMILES string of the molecule is CC(NC(=O)N1CCN(c2cccc(C(F)(F)F)c2)CC1)c1cccc(Br)c1. The molecule has 1 heterocycles. The molecule has 1 unspecified atom stereocenters. The monoisotopic (exact) mass is 455 g/mol. The summed E-state index contributed by atoms with van der Waals surface area (Å²) in [6.07, 6.45) is -4.36. The summed E-state index contributed by atoms with van der Waals surface area (Å²) in [6, 6.07) is 12.7. The molecule has 8 heteroatoms. The van der Waals surface area contributed by atoms with Crippen LogP contribution in [0, 0.1) is 0 Å². The topological polar surface area (TPSA) is 35.6 Å². The van der Waals surface area contributed by atoms with Gasteiger partial charge in [-0.25, -0.2) is 4.79 Å². The summed E-state index contributed by atoms with van der Waals surface area (Å²) in [5.41, 5.74) is 0.857. The molecular weight excluding hydrogens is 435 g/mol. The first-order valence-corrected chi connectivity index (χ1v) is 9.76. The molecule has 0 aromatic heterocycles. The largest absolute Gasteiger partial charge is 0.416 e. The van der Waals surface area contributed by atoms with Crippen molar-refractivity contribution in [1.29, 1.82) is 0 Å². The Bertz CT molecular complexity index is 835. The molecule has 2 aromatic carbocycles. The average molecular weight is 456 g/mol. The quantitative estimate of drug-likeness (QED) is 0.701. The molecule has 2 aromatic rings. The van der Waals surface area contributed by atoms with E-state index in [0.29, 0.717) is 31.9 Å². The standard InChI is InChI=1S/C20H21BrF3N3O/c1-14(15-4-2-6-17(21)12-15)25-19(28)27-10-8-26(9-11-27)18-7-3-5-16(13-18)20(22,23)24/h2-7,12-14H,8-11H2,1H3,(H,25,28). The van der Waals surface area contributed by atoms with E-state index in [1.165, 1.54) is 6.07 Å². The summed E-state index contributed by atoms with van der Waals surface area (Å²) in [4.78, 5) is 16.1. The van der Waals surface area contributed by atoms with Crippen LogP contribution in [-0.4, -0.2) is 37.1 Å². The Hall–Kier alpha value is -2.22. The highest BCUT2D eigenvalue weighted by Gasteiger charge is 2.31. The molecule has 1 N–H and O–H groups in total. The fraction of sp³-hybridized carbons (Fsp3) is 0.350. The predicted octanol–water partition coefficient (Wildman–Crippen LogP) is 5.06. The minimum absolute atomic E-state index is 0.147. The Kier molecular flexibility index (Phi) is 6.17. The van der Waals surface area contributed by atoms with Crippen LogP contribution in [0.15, 0.2) is 53.0 Å². The van der Waals surface area contributed by atoms with Gasteiger partial charge in [-0.05, 0) is 42.8 Å². The van der Waals surface area contributed by atoms with Crippen molar-refractivity contribution in [1.82, 2.24) is 10.2 Å². The molecule has 0 aliphatic carbocycles. The smallest absolute Gasteiger partial charge is 0.368 e. The minimum Gasteiger partial charge on any atom is -0.368 e. The Balaban J connectivity index is 1.57. The predicted molar refractivity (Wildman–Crippen MR) is 106 cm³/mol. The average Bonchev–Trinajstić information content (AvgIpc) is 2.67. The molecule has 1 saturated heterocycles. The van der Waals surface area contributed by atoms with Gasteiger partial charge >= 0.3 is 12.2 Å². The lowest BCUT2D eigenvalue weighted by molar-refractivity contribution is -0.137. The molecule has 28 heavy (non-hydrogen) atoms. The van der Waals surface area contributed by atoms with E-state index in [-0.39, 0.29) is 12.1 Å². The van der Waals surface area contributed by atoms with E-state index in [2.05, 4.69) is 21.2 Å². The van der Waals surface area contributed by atoms with E-state index in [4.69, 9.17) is 0 Å². The van der Waals surface area contributed by atoms with Gasteiger partial charge in [0.2, 0.25) is 0 Å². The van der Waals surface area contributed by atoms with Gasteiger partial charge in [-0.2, -0.15) is 13.2 Å². The molecule has 0 saturated carbocycles. The lowest BCUT2D eigenvalue weighted by atomic mass is 10.1. The molecule has 4 nitrogen and oxygen atoms in total. The highest BCUT2D eigenvalue weighted by molar-refractivity contribution is 9.10. The van der Waals surface area contributed by atoms with Crippen molar-refractivity contribution in [3.05, 3.63) is 64.1 Å². The third-order valence-electron chi connectivity index (χ3n) is 4.79. The summed E-state index contributed by atoms with van der Waals surface area (Å²) in [5, 5.41) is 2.98. The number of piperazine rings is 1. The number of nitrogens with one attached hydrogen (secondary N) is 1. The van der Waals surface area contributed by atoms with Gasteiger partial charge in [0, 0.05) is 36.3 Å². The normalized spacial score (nSPS) is 16.0. The van der Waals surface area contributed by atoms with Crippen LogP contribution >= 0.6 is 15.9 Å². The van der Waals surface area contributed by atoms with E-state index in [1.54, 1.807) is 11.0 Å². The summed E-state index contributed by atoms with van der Waals surface area (Å²) in [6.45, 7) is 3.79. The Morgan fingerprint density at radius 2 is 1.75 bits per heavy atom. The van der Waals surface area contributed by atoms with Crippen LogP contribution in [-0.2, 0) is 6.18 Å². The molecular formula is C20H21BrF3N3O. The van der Waals surface area contributed by atoms with Crippen molar-refractivity contribution in [2.24, 2.45) is 0 Å². The maximum atomic E-state index is 12.9. The fourth-order valence-corrected chi connectivity index (χ4v) is 3.60. The van der Waals surface area contributed by atoms with Gasteiger partial charge in [0.1, 0.15) is 0 Å². The molecule has 3 rings (SSSR count). The molecule has 150 valence electrons. The van der Waals surface area contributed by atoms with Gasteiger partial charge in [-0.15, -0.1) is 0 Å². The fourth-order valence-electron chi connectivity index (χ4n) is 3.18. The lowest BCUT2D eigenvalue weighted by Gasteiger charge is -2.36. The van der Waals surface area contributed by atoms with Crippen molar-refractivity contribution in [2.75, 3.05) is 31.1 Å². The van der Waals surface area contributed by atoms with Crippen LogP contribution in [0.25, 0.3) is 0 Å². The first kappa shape index (κ1) is 20.5. The number of carbonyl (C=O) groups excluding carboxylic acids is 1. The second-order valence-electron chi connectivity index (χ2n) is 6.75. The van der Waals surface area contributed by atoms with E-state index in [0.717, 1.165) is 22.2 Å². The third kappa shape index (κ3) is 4.98. The zero-order valence-corrected chi connectivity index (χ0v) is 16.9. The van der Waals surface area contributed by atoms with Gasteiger partial charge in [-0.3, -0.25) is 0 Å². The van der Waals surface area contributed by atoms with Crippen LogP contribution < -0.4 is 10.2 Å². The first-order valence-electron chi connectivity index (χ1n) is 8.97. The second kappa shape index (κ2) is 8.43. The van der Waals surface area contributed by atoms with Crippen LogP contribution in [0.4, 0.5) is 23.7 Å². The van der Waals surface area contributed by atoms with Crippen LogP contribution in [0.1, 0.15) is 24.1 Å². The third-order valence-corrected chi connectivity index (χ3v) is 5.29. The molecule has 1 fully saturated rings. The number of halogens is 4. The highest BCUT2D eigenvalue weighted by Crippen LogP contribution is 2.31. The number of alkyl halides is 3. The van der Waals surface area contributed by atoms with Crippen LogP contribution in [0.5, 0.6) is 0 Å².